The Labute approximate surface area is 169 Å². The first-order valence-corrected chi connectivity index (χ1v) is 9.36. The number of anilines is 1. The van der Waals surface area contributed by atoms with Crippen molar-refractivity contribution >= 4 is 28.4 Å². The second kappa shape index (κ2) is 6.70. The molecular weight excluding hydrogens is 393 g/mol. The molecule has 30 heavy (non-hydrogen) atoms. The Bertz CT molecular complexity index is 1300. The van der Waals surface area contributed by atoms with Crippen LogP contribution in [0.2, 0.25) is 0 Å². The molecule has 1 atom stereocenters. The molecule has 4 heterocycles. The molecular formula is C20H18FN5O4. The minimum Gasteiger partial charge on any atom is -0.486 e. The van der Waals surface area contributed by atoms with E-state index >= 15 is 0 Å². The van der Waals surface area contributed by atoms with Gasteiger partial charge in [0.15, 0.2) is 17.2 Å². The summed E-state index contributed by atoms with van der Waals surface area (Å²) in [4.78, 5) is 18.0. The van der Waals surface area contributed by atoms with Crippen LogP contribution in [-0.4, -0.2) is 38.3 Å². The zero-order valence-corrected chi connectivity index (χ0v) is 16.0. The van der Waals surface area contributed by atoms with Gasteiger partial charge in [-0.15, -0.1) is 0 Å². The largest absolute Gasteiger partial charge is 0.486 e. The topological polar surface area (TPSA) is 119 Å². The molecule has 1 aliphatic heterocycles. The van der Waals surface area contributed by atoms with Gasteiger partial charge in [-0.2, -0.15) is 5.10 Å². The predicted molar refractivity (Wildman–Crippen MR) is 105 cm³/mol. The van der Waals surface area contributed by atoms with E-state index in [9.17, 15) is 14.3 Å². The Kier molecular flexibility index (Phi) is 4.10. The predicted octanol–water partition coefficient (Wildman–Crippen LogP) is 2.56. The number of hydrogen-bond donors (Lipinski definition) is 2. The number of aromatic carboxylic acids is 1. The lowest BCUT2D eigenvalue weighted by Crippen LogP contribution is -2.41. The molecule has 10 heteroatoms. The molecule has 1 aliphatic rings. The van der Waals surface area contributed by atoms with E-state index in [1.807, 2.05) is 11.8 Å². The van der Waals surface area contributed by atoms with Crippen molar-refractivity contribution in [3.8, 4) is 5.75 Å². The minimum atomic E-state index is -1.12. The quantitative estimate of drug-likeness (QED) is 0.526. The van der Waals surface area contributed by atoms with Crippen LogP contribution < -0.4 is 15.4 Å². The van der Waals surface area contributed by atoms with Crippen molar-refractivity contribution in [2.24, 2.45) is 5.73 Å². The lowest BCUT2D eigenvalue weighted by molar-refractivity contribution is 0.0698. The van der Waals surface area contributed by atoms with Gasteiger partial charge in [-0.05, 0) is 25.1 Å². The van der Waals surface area contributed by atoms with Crippen molar-refractivity contribution in [2.45, 2.75) is 26.1 Å². The van der Waals surface area contributed by atoms with Crippen molar-refractivity contribution in [1.29, 1.82) is 0 Å². The number of furan rings is 1. The monoisotopic (exact) mass is 411 g/mol. The van der Waals surface area contributed by atoms with Gasteiger partial charge in [0.2, 0.25) is 0 Å². The fourth-order valence-corrected chi connectivity index (χ4v) is 3.72. The second-order valence-electron chi connectivity index (χ2n) is 7.25. The normalized spacial score (nSPS) is 16.1. The molecule has 0 amide bonds. The van der Waals surface area contributed by atoms with Gasteiger partial charge in [-0.3, -0.25) is 0 Å². The van der Waals surface area contributed by atoms with Gasteiger partial charge in [0.1, 0.15) is 29.3 Å². The van der Waals surface area contributed by atoms with E-state index in [1.54, 1.807) is 12.3 Å². The van der Waals surface area contributed by atoms with Gasteiger partial charge < -0.3 is 24.9 Å². The number of nitrogens with zero attached hydrogens (tertiary/aromatic N) is 4. The Hall–Kier alpha value is -3.66. The molecule has 0 saturated heterocycles. The summed E-state index contributed by atoms with van der Waals surface area (Å²) in [6.45, 7) is 2.85. The standard InChI is InChI=1S/C20H18FN5O4/c1-10-9-29-16-8-26-18(15(6-23-26)20(27)28)24-19(16)25(10)7-12-3-13(21)2-11-4-14(5-22)30-17(11)12/h2-4,6,8,10H,5,7,9,22H2,1H3,(H,27,28)/t10-/m1/s1. The Morgan fingerprint density at radius 3 is 3.00 bits per heavy atom. The van der Waals surface area contributed by atoms with Crippen molar-refractivity contribution < 1.29 is 23.4 Å². The molecule has 0 radical (unpaired) electrons. The number of halogens is 1. The Morgan fingerprint density at radius 2 is 2.23 bits per heavy atom. The van der Waals surface area contributed by atoms with Gasteiger partial charge in [0.25, 0.3) is 0 Å². The molecule has 0 fully saturated rings. The molecule has 0 saturated carbocycles. The maximum absolute atomic E-state index is 14.3. The first-order valence-electron chi connectivity index (χ1n) is 9.36. The SMILES string of the molecule is C[C@@H]1COc2cn3ncc(C(=O)O)c3nc2N1Cc1cc(F)cc2cc(CN)oc12. The fourth-order valence-electron chi connectivity index (χ4n) is 3.72. The molecule has 1 aromatic carbocycles. The van der Waals surface area contributed by atoms with Crippen LogP contribution in [0.1, 0.15) is 28.6 Å². The molecule has 0 unspecified atom stereocenters. The van der Waals surface area contributed by atoms with Crippen LogP contribution >= 0.6 is 0 Å². The highest BCUT2D eigenvalue weighted by Crippen LogP contribution is 2.35. The van der Waals surface area contributed by atoms with E-state index in [0.717, 1.165) is 0 Å². The first-order chi connectivity index (χ1) is 14.4. The highest BCUT2D eigenvalue weighted by Gasteiger charge is 2.29. The van der Waals surface area contributed by atoms with Crippen LogP contribution in [0.5, 0.6) is 5.75 Å². The molecule has 0 aliphatic carbocycles. The van der Waals surface area contributed by atoms with Gasteiger partial charge in [-0.1, -0.05) is 0 Å². The van der Waals surface area contributed by atoms with Crippen LogP contribution in [-0.2, 0) is 13.1 Å². The summed E-state index contributed by atoms with van der Waals surface area (Å²) in [6.07, 6.45) is 2.85. The van der Waals surface area contributed by atoms with Crippen LogP contribution in [0.4, 0.5) is 10.2 Å². The number of hydrogen-bond acceptors (Lipinski definition) is 7. The van der Waals surface area contributed by atoms with Crippen molar-refractivity contribution in [2.75, 3.05) is 11.5 Å². The fraction of sp³-hybridized carbons (Fsp3) is 0.250. The average molecular weight is 411 g/mol. The van der Waals surface area contributed by atoms with Crippen LogP contribution in [0.15, 0.2) is 35.0 Å². The second-order valence-corrected chi connectivity index (χ2v) is 7.25. The lowest BCUT2D eigenvalue weighted by Gasteiger charge is -2.35. The maximum Gasteiger partial charge on any atom is 0.341 e. The van der Waals surface area contributed by atoms with Crippen molar-refractivity contribution in [3.05, 3.63) is 53.3 Å². The number of aromatic nitrogens is 3. The maximum atomic E-state index is 14.3. The lowest BCUT2D eigenvalue weighted by atomic mass is 10.1. The van der Waals surface area contributed by atoms with Gasteiger partial charge in [0.05, 0.1) is 25.0 Å². The molecule has 9 nitrogen and oxygen atoms in total. The van der Waals surface area contributed by atoms with E-state index in [4.69, 9.17) is 14.9 Å². The van der Waals surface area contributed by atoms with Crippen LogP contribution in [0.25, 0.3) is 16.6 Å². The van der Waals surface area contributed by atoms with E-state index in [1.165, 1.54) is 22.8 Å². The molecule has 0 spiro atoms. The third-order valence-electron chi connectivity index (χ3n) is 5.21. The average Bonchev–Trinajstić information content (AvgIpc) is 3.32. The summed E-state index contributed by atoms with van der Waals surface area (Å²) in [5.41, 5.74) is 7.07. The van der Waals surface area contributed by atoms with Crippen molar-refractivity contribution in [1.82, 2.24) is 14.6 Å². The van der Waals surface area contributed by atoms with Crippen LogP contribution in [0.3, 0.4) is 0 Å². The van der Waals surface area contributed by atoms with Crippen molar-refractivity contribution in [3.63, 3.8) is 0 Å². The third kappa shape index (κ3) is 2.84. The molecule has 3 aromatic heterocycles. The highest BCUT2D eigenvalue weighted by atomic mass is 19.1. The van der Waals surface area contributed by atoms with Gasteiger partial charge in [-0.25, -0.2) is 18.7 Å². The smallest absolute Gasteiger partial charge is 0.341 e. The summed E-state index contributed by atoms with van der Waals surface area (Å²) < 4.78 is 27.2. The third-order valence-corrected chi connectivity index (χ3v) is 5.21. The number of carboxylic acids is 1. The van der Waals surface area contributed by atoms with E-state index < -0.39 is 5.97 Å². The zero-order chi connectivity index (χ0) is 21.0. The number of carboxylic acid groups (broad SMARTS) is 1. The van der Waals surface area contributed by atoms with Gasteiger partial charge in [0, 0.05) is 17.5 Å². The van der Waals surface area contributed by atoms with E-state index in [-0.39, 0.29) is 29.6 Å². The summed E-state index contributed by atoms with van der Waals surface area (Å²) in [6, 6.07) is 4.47. The molecule has 154 valence electrons. The molecule has 0 bridgehead atoms. The first kappa shape index (κ1) is 18.4. The zero-order valence-electron chi connectivity index (χ0n) is 16.0. The number of fused-ring (bicyclic) bond motifs is 3. The summed E-state index contributed by atoms with van der Waals surface area (Å²) in [5, 5.41) is 14.1. The summed E-state index contributed by atoms with van der Waals surface area (Å²) in [5.74, 6) is 0.000926. The summed E-state index contributed by atoms with van der Waals surface area (Å²) in [7, 11) is 0. The Balaban J connectivity index is 1.63. The molecule has 4 aromatic rings. The number of rotatable bonds is 4. The minimum absolute atomic E-state index is 0.0113. The number of ether oxygens (including phenoxy) is 1. The number of nitrogens with two attached hydrogens (primary N) is 1. The molecule has 3 N–H and O–H groups in total. The number of benzene rings is 1. The van der Waals surface area contributed by atoms with Gasteiger partial charge >= 0.3 is 5.97 Å². The number of carbonyl (C=O) groups is 1. The van der Waals surface area contributed by atoms with Crippen LogP contribution in [0, 0.1) is 5.82 Å². The highest BCUT2D eigenvalue weighted by molar-refractivity contribution is 5.94. The Morgan fingerprint density at radius 1 is 1.40 bits per heavy atom. The summed E-state index contributed by atoms with van der Waals surface area (Å²) >= 11 is 0. The van der Waals surface area contributed by atoms with E-state index in [0.29, 0.717) is 47.0 Å². The van der Waals surface area contributed by atoms with E-state index in [2.05, 4.69) is 10.1 Å². The molecule has 5 rings (SSSR count).